The Balaban J connectivity index is 2.32. The molecule has 1 saturated carbocycles. The van der Waals surface area contributed by atoms with E-state index < -0.39 is 5.60 Å². The van der Waals surface area contributed by atoms with Crippen molar-refractivity contribution in [3.8, 4) is 5.75 Å². The quantitative estimate of drug-likeness (QED) is 0.836. The highest BCUT2D eigenvalue weighted by atomic mass is 19.1. The molecule has 1 N–H and O–H groups in total. The fraction of sp³-hybridized carbons (Fsp3) is 0.538. The molecule has 2 rings (SSSR count). The van der Waals surface area contributed by atoms with Gasteiger partial charge < -0.3 is 9.84 Å². The molecule has 0 heterocycles. The number of aliphatic hydroxyl groups is 1. The monoisotopic (exact) mass is 224 g/mol. The number of hydrogen-bond acceptors (Lipinski definition) is 2. The van der Waals surface area contributed by atoms with Gasteiger partial charge in [0.25, 0.3) is 0 Å². The third kappa shape index (κ3) is 2.05. The maximum absolute atomic E-state index is 13.3. The first-order valence-corrected chi connectivity index (χ1v) is 5.72. The lowest BCUT2D eigenvalue weighted by Crippen LogP contribution is -2.28. The SMILES string of the molecule is COc1cc(C2(O)CCCCC2)ccc1F. The maximum Gasteiger partial charge on any atom is 0.165 e. The van der Waals surface area contributed by atoms with Crippen LogP contribution in [0.15, 0.2) is 18.2 Å². The van der Waals surface area contributed by atoms with E-state index in [9.17, 15) is 9.50 Å². The van der Waals surface area contributed by atoms with Gasteiger partial charge >= 0.3 is 0 Å². The Morgan fingerprint density at radius 3 is 2.56 bits per heavy atom. The Morgan fingerprint density at radius 1 is 1.25 bits per heavy atom. The van der Waals surface area contributed by atoms with Crippen molar-refractivity contribution in [1.82, 2.24) is 0 Å². The minimum atomic E-state index is -0.792. The molecule has 1 aliphatic rings. The van der Waals surface area contributed by atoms with E-state index in [2.05, 4.69) is 0 Å². The molecule has 2 nitrogen and oxygen atoms in total. The summed E-state index contributed by atoms with van der Waals surface area (Å²) >= 11 is 0. The summed E-state index contributed by atoms with van der Waals surface area (Å²) in [6.07, 6.45) is 4.72. The van der Waals surface area contributed by atoms with Crippen LogP contribution in [0.5, 0.6) is 5.75 Å². The fourth-order valence-electron chi connectivity index (χ4n) is 2.37. The van der Waals surface area contributed by atoms with Crippen LogP contribution >= 0.6 is 0 Å². The molecule has 1 aliphatic carbocycles. The Bertz CT molecular complexity index is 370. The summed E-state index contributed by atoms with van der Waals surface area (Å²) in [6, 6.07) is 4.63. The molecule has 0 unspecified atom stereocenters. The lowest BCUT2D eigenvalue weighted by Gasteiger charge is -2.32. The number of ether oxygens (including phenoxy) is 1. The summed E-state index contributed by atoms with van der Waals surface area (Å²) in [4.78, 5) is 0. The standard InChI is InChI=1S/C13H17FO2/c1-16-12-9-10(5-6-11(12)14)13(15)7-3-2-4-8-13/h5-6,9,15H,2-4,7-8H2,1H3. The second-order valence-corrected chi connectivity index (χ2v) is 4.44. The fourth-order valence-corrected chi connectivity index (χ4v) is 2.37. The Morgan fingerprint density at radius 2 is 1.94 bits per heavy atom. The van der Waals surface area contributed by atoms with Crippen LogP contribution in [0.3, 0.4) is 0 Å². The zero-order chi connectivity index (χ0) is 11.6. The number of halogens is 1. The van der Waals surface area contributed by atoms with E-state index in [1.807, 2.05) is 0 Å². The second kappa shape index (κ2) is 4.42. The topological polar surface area (TPSA) is 29.5 Å². The van der Waals surface area contributed by atoms with Crippen molar-refractivity contribution in [1.29, 1.82) is 0 Å². The van der Waals surface area contributed by atoms with Crippen molar-refractivity contribution in [3.05, 3.63) is 29.6 Å². The highest BCUT2D eigenvalue weighted by molar-refractivity contribution is 5.34. The molecule has 0 bridgehead atoms. The van der Waals surface area contributed by atoms with E-state index >= 15 is 0 Å². The molecule has 0 saturated heterocycles. The molecule has 1 aromatic carbocycles. The number of methoxy groups -OCH3 is 1. The molecule has 0 spiro atoms. The van der Waals surface area contributed by atoms with Gasteiger partial charge in [0.05, 0.1) is 12.7 Å². The first-order chi connectivity index (χ1) is 7.65. The summed E-state index contributed by atoms with van der Waals surface area (Å²) in [5, 5.41) is 10.5. The Kier molecular flexibility index (Phi) is 3.15. The minimum absolute atomic E-state index is 0.205. The molecule has 0 aliphatic heterocycles. The van der Waals surface area contributed by atoms with Crippen LogP contribution < -0.4 is 4.74 Å². The largest absolute Gasteiger partial charge is 0.494 e. The molecule has 1 fully saturated rings. The van der Waals surface area contributed by atoms with E-state index in [4.69, 9.17) is 4.74 Å². The van der Waals surface area contributed by atoms with Gasteiger partial charge in [-0.3, -0.25) is 0 Å². The molecule has 3 heteroatoms. The Hall–Kier alpha value is -1.09. The van der Waals surface area contributed by atoms with E-state index in [1.54, 1.807) is 12.1 Å². The van der Waals surface area contributed by atoms with Crippen molar-refractivity contribution in [2.24, 2.45) is 0 Å². The molecule has 0 atom stereocenters. The summed E-state index contributed by atoms with van der Waals surface area (Å²) in [5.74, 6) is -0.179. The number of benzene rings is 1. The highest BCUT2D eigenvalue weighted by Gasteiger charge is 2.31. The van der Waals surface area contributed by atoms with Crippen molar-refractivity contribution >= 4 is 0 Å². The first kappa shape index (κ1) is 11.4. The molecule has 0 aromatic heterocycles. The predicted molar refractivity (Wildman–Crippen MR) is 59.9 cm³/mol. The zero-order valence-electron chi connectivity index (χ0n) is 9.50. The van der Waals surface area contributed by atoms with Crippen molar-refractivity contribution < 1.29 is 14.2 Å². The van der Waals surface area contributed by atoms with Crippen LogP contribution in [0.4, 0.5) is 4.39 Å². The van der Waals surface area contributed by atoms with Gasteiger partial charge in [-0.1, -0.05) is 25.3 Å². The van der Waals surface area contributed by atoms with E-state index in [1.165, 1.54) is 19.6 Å². The van der Waals surface area contributed by atoms with Gasteiger partial charge in [-0.25, -0.2) is 4.39 Å². The molecular formula is C13H17FO2. The first-order valence-electron chi connectivity index (χ1n) is 5.72. The van der Waals surface area contributed by atoms with E-state index in [-0.39, 0.29) is 11.6 Å². The van der Waals surface area contributed by atoms with Crippen LogP contribution in [0.1, 0.15) is 37.7 Å². The van der Waals surface area contributed by atoms with Crippen LogP contribution in [-0.2, 0) is 5.60 Å². The third-order valence-electron chi connectivity index (χ3n) is 3.37. The van der Waals surface area contributed by atoms with Gasteiger partial charge in [0.1, 0.15) is 0 Å². The smallest absolute Gasteiger partial charge is 0.165 e. The van der Waals surface area contributed by atoms with E-state index in [0.717, 1.165) is 31.2 Å². The molecule has 88 valence electrons. The van der Waals surface area contributed by atoms with Gasteiger partial charge in [0.2, 0.25) is 0 Å². The maximum atomic E-state index is 13.3. The average Bonchev–Trinajstić information content (AvgIpc) is 2.30. The number of hydrogen-bond donors (Lipinski definition) is 1. The molecular weight excluding hydrogens is 207 g/mol. The molecule has 1 aromatic rings. The summed E-state index contributed by atoms with van der Waals surface area (Å²) in [5.41, 5.74) is -0.0235. The summed E-state index contributed by atoms with van der Waals surface area (Å²) in [6.45, 7) is 0. The molecule has 0 radical (unpaired) electrons. The second-order valence-electron chi connectivity index (χ2n) is 4.44. The zero-order valence-corrected chi connectivity index (χ0v) is 9.50. The average molecular weight is 224 g/mol. The molecule has 0 amide bonds. The van der Waals surface area contributed by atoms with Gasteiger partial charge in [-0.05, 0) is 30.5 Å². The lowest BCUT2D eigenvalue weighted by atomic mass is 9.80. The van der Waals surface area contributed by atoms with Crippen molar-refractivity contribution in [3.63, 3.8) is 0 Å². The van der Waals surface area contributed by atoms with Gasteiger partial charge in [-0.2, -0.15) is 0 Å². The summed E-state index contributed by atoms with van der Waals surface area (Å²) < 4.78 is 18.2. The van der Waals surface area contributed by atoms with Crippen LogP contribution in [-0.4, -0.2) is 12.2 Å². The van der Waals surface area contributed by atoms with Gasteiger partial charge in [-0.15, -0.1) is 0 Å². The lowest BCUT2D eigenvalue weighted by molar-refractivity contribution is -0.000860. The molecule has 16 heavy (non-hydrogen) atoms. The van der Waals surface area contributed by atoms with Gasteiger partial charge in [0, 0.05) is 0 Å². The van der Waals surface area contributed by atoms with Crippen LogP contribution in [0, 0.1) is 5.82 Å². The third-order valence-corrected chi connectivity index (χ3v) is 3.37. The summed E-state index contributed by atoms with van der Waals surface area (Å²) in [7, 11) is 1.44. The normalized spacial score (nSPS) is 19.4. The van der Waals surface area contributed by atoms with Crippen molar-refractivity contribution in [2.75, 3.05) is 7.11 Å². The van der Waals surface area contributed by atoms with Gasteiger partial charge in [0.15, 0.2) is 11.6 Å². The predicted octanol–water partition coefficient (Wildman–Crippen LogP) is 2.99. The highest BCUT2D eigenvalue weighted by Crippen LogP contribution is 2.38. The van der Waals surface area contributed by atoms with Crippen LogP contribution in [0.25, 0.3) is 0 Å². The number of rotatable bonds is 2. The van der Waals surface area contributed by atoms with E-state index in [0.29, 0.717) is 0 Å². The van der Waals surface area contributed by atoms with Crippen LogP contribution in [0.2, 0.25) is 0 Å². The minimum Gasteiger partial charge on any atom is -0.494 e. The van der Waals surface area contributed by atoms with Crippen molar-refractivity contribution in [2.45, 2.75) is 37.7 Å². The Labute approximate surface area is 95.1 Å².